The number of hydrogen-bond acceptors (Lipinski definition) is 3. The van der Waals surface area contributed by atoms with Crippen molar-refractivity contribution in [2.75, 3.05) is 5.75 Å². The minimum Gasteiger partial charge on any atom is -0.293 e. The number of ketones is 1. The van der Waals surface area contributed by atoms with Gasteiger partial charge in [-0.05, 0) is 41.1 Å². The van der Waals surface area contributed by atoms with Crippen molar-refractivity contribution in [3.63, 3.8) is 0 Å². The SMILES string of the molecule is Cc1cc(C(=O)CSc2ccccc2Br)cs1. The zero-order valence-electron chi connectivity index (χ0n) is 9.27. The van der Waals surface area contributed by atoms with Crippen molar-refractivity contribution in [1.29, 1.82) is 0 Å². The van der Waals surface area contributed by atoms with Crippen molar-refractivity contribution in [1.82, 2.24) is 0 Å². The summed E-state index contributed by atoms with van der Waals surface area (Å²) in [5.41, 5.74) is 0.826. The Morgan fingerprint density at radius 1 is 1.41 bits per heavy atom. The molecule has 17 heavy (non-hydrogen) atoms. The molecule has 0 fully saturated rings. The molecule has 0 unspecified atom stereocenters. The molecule has 0 bridgehead atoms. The first kappa shape index (κ1) is 12.9. The quantitative estimate of drug-likeness (QED) is 0.593. The van der Waals surface area contributed by atoms with Crippen LogP contribution in [0.15, 0.2) is 45.1 Å². The van der Waals surface area contributed by atoms with Crippen LogP contribution < -0.4 is 0 Å². The van der Waals surface area contributed by atoms with Crippen molar-refractivity contribution in [3.8, 4) is 0 Å². The molecular weight excluding hydrogens is 316 g/mol. The summed E-state index contributed by atoms with van der Waals surface area (Å²) < 4.78 is 1.04. The third kappa shape index (κ3) is 3.44. The lowest BCUT2D eigenvalue weighted by atomic mass is 10.2. The van der Waals surface area contributed by atoms with Gasteiger partial charge in [-0.3, -0.25) is 4.79 Å². The summed E-state index contributed by atoms with van der Waals surface area (Å²) >= 11 is 6.66. The lowest BCUT2D eigenvalue weighted by molar-refractivity contribution is 0.102. The van der Waals surface area contributed by atoms with Crippen molar-refractivity contribution >= 4 is 44.8 Å². The Bertz CT molecular complexity index is 534. The van der Waals surface area contributed by atoms with Crippen LogP contribution in [-0.4, -0.2) is 11.5 Å². The normalized spacial score (nSPS) is 10.5. The molecule has 1 nitrogen and oxygen atoms in total. The third-order valence-electron chi connectivity index (χ3n) is 2.25. The number of Topliss-reactive ketones (excluding diaryl/α,β-unsaturated/α-hetero) is 1. The summed E-state index contributed by atoms with van der Waals surface area (Å²) in [6.45, 7) is 2.02. The van der Waals surface area contributed by atoms with Gasteiger partial charge in [0, 0.05) is 25.2 Å². The summed E-state index contributed by atoms with van der Waals surface area (Å²) in [4.78, 5) is 14.2. The Morgan fingerprint density at radius 2 is 2.18 bits per heavy atom. The van der Waals surface area contributed by atoms with E-state index < -0.39 is 0 Å². The second-order valence-corrected chi connectivity index (χ2v) is 6.58. The Hall–Kier alpha value is -0.580. The van der Waals surface area contributed by atoms with Crippen LogP contribution in [0.25, 0.3) is 0 Å². The standard InChI is InChI=1S/C13H11BrOS2/c1-9-6-10(7-16-9)12(15)8-17-13-5-3-2-4-11(13)14/h2-7H,8H2,1H3. The molecule has 0 radical (unpaired) electrons. The Balaban J connectivity index is 1.99. The molecule has 0 saturated heterocycles. The van der Waals surface area contributed by atoms with E-state index in [9.17, 15) is 4.79 Å². The summed E-state index contributed by atoms with van der Waals surface area (Å²) in [6.07, 6.45) is 0. The average Bonchev–Trinajstić information content (AvgIpc) is 2.74. The topological polar surface area (TPSA) is 17.1 Å². The van der Waals surface area contributed by atoms with Gasteiger partial charge in [-0.15, -0.1) is 23.1 Å². The number of thiophene rings is 1. The molecule has 0 spiro atoms. The first-order valence-electron chi connectivity index (χ1n) is 5.12. The van der Waals surface area contributed by atoms with Gasteiger partial charge in [0.2, 0.25) is 0 Å². The zero-order valence-corrected chi connectivity index (χ0v) is 12.5. The van der Waals surface area contributed by atoms with E-state index in [2.05, 4.69) is 15.9 Å². The van der Waals surface area contributed by atoms with E-state index in [-0.39, 0.29) is 5.78 Å². The number of thioether (sulfide) groups is 1. The van der Waals surface area contributed by atoms with Crippen LogP contribution in [-0.2, 0) is 0 Å². The molecule has 1 aromatic carbocycles. The first-order chi connectivity index (χ1) is 8.16. The van der Waals surface area contributed by atoms with Crippen LogP contribution in [0.4, 0.5) is 0 Å². The molecule has 0 saturated carbocycles. The first-order valence-corrected chi connectivity index (χ1v) is 7.78. The molecule has 4 heteroatoms. The Kier molecular flexibility index (Phi) is 4.42. The highest BCUT2D eigenvalue weighted by molar-refractivity contribution is 9.10. The van der Waals surface area contributed by atoms with Gasteiger partial charge in [0.1, 0.15) is 0 Å². The predicted octanol–water partition coefficient (Wildman–Crippen LogP) is 4.79. The fourth-order valence-corrected chi connectivity index (χ4v) is 3.55. The molecule has 2 rings (SSSR count). The lowest BCUT2D eigenvalue weighted by Crippen LogP contribution is -2.00. The second-order valence-electron chi connectivity index (χ2n) is 3.59. The van der Waals surface area contributed by atoms with Crippen molar-refractivity contribution in [2.24, 2.45) is 0 Å². The molecule has 88 valence electrons. The lowest BCUT2D eigenvalue weighted by Gasteiger charge is -2.02. The van der Waals surface area contributed by atoms with Crippen molar-refractivity contribution < 1.29 is 4.79 Å². The van der Waals surface area contributed by atoms with Crippen LogP contribution in [0.2, 0.25) is 0 Å². The maximum atomic E-state index is 11.9. The van der Waals surface area contributed by atoms with Crippen molar-refractivity contribution in [3.05, 3.63) is 50.6 Å². The average molecular weight is 327 g/mol. The summed E-state index contributed by atoms with van der Waals surface area (Å²) in [5.74, 6) is 0.675. The number of benzene rings is 1. The molecule has 0 aliphatic heterocycles. The molecule has 0 N–H and O–H groups in total. The van der Waals surface area contributed by atoms with Gasteiger partial charge in [0.25, 0.3) is 0 Å². The fourth-order valence-electron chi connectivity index (χ4n) is 1.38. The summed E-state index contributed by atoms with van der Waals surface area (Å²) in [7, 11) is 0. The Labute approximate surface area is 117 Å². The van der Waals surface area contributed by atoms with Gasteiger partial charge in [-0.2, -0.15) is 0 Å². The smallest absolute Gasteiger partial charge is 0.173 e. The van der Waals surface area contributed by atoms with Crippen LogP contribution in [0, 0.1) is 6.92 Å². The number of hydrogen-bond donors (Lipinski definition) is 0. The van der Waals surface area contributed by atoms with E-state index in [1.165, 1.54) is 4.88 Å². The maximum absolute atomic E-state index is 11.9. The van der Waals surface area contributed by atoms with E-state index >= 15 is 0 Å². The van der Waals surface area contributed by atoms with E-state index in [0.29, 0.717) is 5.75 Å². The number of rotatable bonds is 4. The van der Waals surface area contributed by atoms with E-state index in [1.54, 1.807) is 23.1 Å². The summed E-state index contributed by atoms with van der Waals surface area (Å²) in [5, 5.41) is 1.93. The minimum atomic E-state index is 0.190. The largest absolute Gasteiger partial charge is 0.293 e. The van der Waals surface area contributed by atoms with Crippen LogP contribution in [0.1, 0.15) is 15.2 Å². The molecule has 1 heterocycles. The molecule has 2 aromatic rings. The van der Waals surface area contributed by atoms with Gasteiger partial charge in [-0.1, -0.05) is 12.1 Å². The third-order valence-corrected chi connectivity index (χ3v) is 5.14. The highest BCUT2D eigenvalue weighted by atomic mass is 79.9. The molecule has 1 aromatic heterocycles. The van der Waals surface area contributed by atoms with E-state index in [4.69, 9.17) is 0 Å². The van der Waals surface area contributed by atoms with E-state index in [1.807, 2.05) is 42.6 Å². The summed E-state index contributed by atoms with van der Waals surface area (Å²) in [6, 6.07) is 9.90. The van der Waals surface area contributed by atoms with Crippen LogP contribution in [0.3, 0.4) is 0 Å². The van der Waals surface area contributed by atoms with E-state index in [0.717, 1.165) is 14.9 Å². The van der Waals surface area contributed by atoms with Crippen LogP contribution in [0.5, 0.6) is 0 Å². The maximum Gasteiger partial charge on any atom is 0.173 e. The van der Waals surface area contributed by atoms with Gasteiger partial charge >= 0.3 is 0 Å². The highest BCUT2D eigenvalue weighted by Crippen LogP contribution is 2.27. The number of halogens is 1. The van der Waals surface area contributed by atoms with Gasteiger partial charge in [0.15, 0.2) is 5.78 Å². The van der Waals surface area contributed by atoms with Gasteiger partial charge in [-0.25, -0.2) is 0 Å². The van der Waals surface area contributed by atoms with Crippen LogP contribution >= 0.6 is 39.0 Å². The Morgan fingerprint density at radius 3 is 2.82 bits per heavy atom. The number of aryl methyl sites for hydroxylation is 1. The van der Waals surface area contributed by atoms with Crippen molar-refractivity contribution in [2.45, 2.75) is 11.8 Å². The molecule has 0 atom stereocenters. The number of carbonyl (C=O) groups excluding carboxylic acids is 1. The van der Waals surface area contributed by atoms with Gasteiger partial charge < -0.3 is 0 Å². The van der Waals surface area contributed by atoms with Gasteiger partial charge in [0.05, 0.1) is 5.75 Å². The second kappa shape index (κ2) is 5.85. The molecule has 0 amide bonds. The zero-order chi connectivity index (χ0) is 12.3. The molecule has 0 aliphatic carbocycles. The predicted molar refractivity (Wildman–Crippen MR) is 78.3 cm³/mol. The monoisotopic (exact) mass is 326 g/mol. The molecule has 0 aliphatic rings. The highest BCUT2D eigenvalue weighted by Gasteiger charge is 2.09. The molecular formula is C13H11BrOS2. The fraction of sp³-hybridized carbons (Fsp3) is 0.154. The minimum absolute atomic E-state index is 0.190. The number of carbonyl (C=O) groups is 1.